The quantitative estimate of drug-likeness (QED) is 0.840. The summed E-state index contributed by atoms with van der Waals surface area (Å²) in [5, 5.41) is -0.376. The number of hydrogen-bond acceptors (Lipinski definition) is 3. The second-order valence-corrected chi connectivity index (χ2v) is 8.32. The number of ketones is 1. The number of sulfone groups is 1. The number of hydrogen-bond donors (Lipinski definition) is 0. The van der Waals surface area contributed by atoms with Gasteiger partial charge in [0, 0.05) is 6.42 Å². The second kappa shape index (κ2) is 6.69. The number of benzene rings is 1. The lowest BCUT2D eigenvalue weighted by Crippen LogP contribution is -2.32. The van der Waals surface area contributed by atoms with Gasteiger partial charge in [0.05, 0.1) is 5.25 Å². The fourth-order valence-corrected chi connectivity index (χ4v) is 4.86. The van der Waals surface area contributed by atoms with Crippen LogP contribution in [0.2, 0.25) is 0 Å². The van der Waals surface area contributed by atoms with Crippen molar-refractivity contribution in [2.24, 2.45) is 5.92 Å². The van der Waals surface area contributed by atoms with Gasteiger partial charge in [-0.25, -0.2) is 12.8 Å². The Labute approximate surface area is 125 Å². The predicted octanol–water partition coefficient (Wildman–Crippen LogP) is 2.93. The zero-order chi connectivity index (χ0) is 15.5. The van der Waals surface area contributed by atoms with E-state index >= 15 is 0 Å². The normalized spacial score (nSPS) is 23.0. The van der Waals surface area contributed by atoms with Crippen molar-refractivity contribution < 1.29 is 17.6 Å². The first-order valence-corrected chi connectivity index (χ1v) is 9.06. The number of halogens is 1. The Kier molecular flexibility index (Phi) is 5.14. The Morgan fingerprint density at radius 2 is 1.90 bits per heavy atom. The third-order valence-corrected chi connectivity index (χ3v) is 6.24. The molecule has 0 saturated heterocycles. The fraction of sp³-hybridized carbons (Fsp3) is 0.562. The first-order valence-electron chi connectivity index (χ1n) is 7.34. The third kappa shape index (κ3) is 4.63. The molecule has 1 saturated carbocycles. The van der Waals surface area contributed by atoms with Crippen LogP contribution < -0.4 is 0 Å². The lowest BCUT2D eigenvalue weighted by molar-refractivity contribution is -0.116. The molecule has 5 heteroatoms. The minimum atomic E-state index is -3.37. The van der Waals surface area contributed by atoms with Crippen molar-refractivity contribution in [3.05, 3.63) is 35.6 Å². The van der Waals surface area contributed by atoms with Crippen LogP contribution in [-0.4, -0.2) is 25.2 Å². The van der Waals surface area contributed by atoms with Gasteiger partial charge >= 0.3 is 0 Å². The van der Waals surface area contributed by atoms with E-state index in [-0.39, 0.29) is 23.3 Å². The summed E-state index contributed by atoms with van der Waals surface area (Å²) < 4.78 is 37.4. The van der Waals surface area contributed by atoms with E-state index in [1.807, 2.05) is 0 Å². The average molecular weight is 312 g/mol. The summed E-state index contributed by atoms with van der Waals surface area (Å²) in [6.07, 6.45) is 3.34. The maximum Gasteiger partial charge on any atom is 0.160 e. The van der Waals surface area contributed by atoms with E-state index in [9.17, 15) is 17.6 Å². The Morgan fingerprint density at radius 3 is 2.52 bits per heavy atom. The van der Waals surface area contributed by atoms with Gasteiger partial charge in [-0.05, 0) is 36.5 Å². The molecule has 0 spiro atoms. The van der Waals surface area contributed by atoms with E-state index in [0.29, 0.717) is 24.3 Å². The van der Waals surface area contributed by atoms with Crippen LogP contribution in [0.5, 0.6) is 0 Å². The number of rotatable bonds is 5. The van der Waals surface area contributed by atoms with E-state index in [0.717, 1.165) is 12.8 Å². The smallest absolute Gasteiger partial charge is 0.160 e. The van der Waals surface area contributed by atoms with Crippen molar-refractivity contribution in [2.75, 3.05) is 5.75 Å². The molecule has 0 radical (unpaired) electrons. The molecule has 0 bridgehead atoms. The Morgan fingerprint density at radius 1 is 1.24 bits per heavy atom. The van der Waals surface area contributed by atoms with Gasteiger partial charge in [-0.3, -0.25) is 4.79 Å². The van der Waals surface area contributed by atoms with Gasteiger partial charge in [-0.15, -0.1) is 0 Å². The largest absolute Gasteiger partial charge is 0.298 e. The molecule has 0 amide bonds. The highest BCUT2D eigenvalue weighted by Gasteiger charge is 2.31. The molecule has 1 aliphatic carbocycles. The molecular weight excluding hydrogens is 291 g/mol. The van der Waals surface area contributed by atoms with Crippen molar-refractivity contribution in [1.82, 2.24) is 0 Å². The van der Waals surface area contributed by atoms with Gasteiger partial charge in [-0.2, -0.15) is 0 Å². The number of carbonyl (C=O) groups is 1. The fourth-order valence-electron chi connectivity index (χ4n) is 2.93. The summed E-state index contributed by atoms with van der Waals surface area (Å²) in [5.41, 5.74) is 0.647. The highest BCUT2D eigenvalue weighted by atomic mass is 32.2. The maximum atomic E-state index is 12.8. The molecule has 0 N–H and O–H groups in total. The predicted molar refractivity (Wildman–Crippen MR) is 80.3 cm³/mol. The minimum Gasteiger partial charge on any atom is -0.298 e. The van der Waals surface area contributed by atoms with Crippen LogP contribution in [0.15, 0.2) is 24.3 Å². The number of Topliss-reactive ketones (excluding diaryl/α,β-unsaturated/α-hetero) is 1. The topological polar surface area (TPSA) is 51.2 Å². The molecular formula is C16H21FO3S. The zero-order valence-electron chi connectivity index (χ0n) is 12.2. The van der Waals surface area contributed by atoms with Gasteiger partial charge in [0.2, 0.25) is 0 Å². The van der Waals surface area contributed by atoms with Crippen LogP contribution in [-0.2, 0) is 21.1 Å². The number of carbonyl (C=O) groups excluding carboxylic acids is 1. The van der Waals surface area contributed by atoms with E-state index in [1.165, 1.54) is 24.3 Å². The third-order valence-electron chi connectivity index (χ3n) is 4.07. The molecule has 0 aromatic heterocycles. The van der Waals surface area contributed by atoms with Crippen LogP contribution in [0.25, 0.3) is 0 Å². The molecule has 1 aromatic carbocycles. The van der Waals surface area contributed by atoms with E-state index in [2.05, 4.69) is 6.92 Å². The lowest BCUT2D eigenvalue weighted by atomic mass is 9.91. The zero-order valence-corrected chi connectivity index (χ0v) is 13.0. The first kappa shape index (κ1) is 16.1. The molecule has 2 unspecified atom stereocenters. The lowest BCUT2D eigenvalue weighted by Gasteiger charge is -2.26. The molecule has 21 heavy (non-hydrogen) atoms. The first-order chi connectivity index (χ1) is 9.87. The summed E-state index contributed by atoms with van der Waals surface area (Å²) in [7, 11) is -3.37. The Bertz CT molecular complexity index is 592. The van der Waals surface area contributed by atoms with Gasteiger partial charge in [0.15, 0.2) is 15.6 Å². The van der Waals surface area contributed by atoms with Crippen molar-refractivity contribution in [3.63, 3.8) is 0 Å². The molecule has 1 aliphatic rings. The molecule has 1 aromatic rings. The Balaban J connectivity index is 1.96. The second-order valence-electron chi connectivity index (χ2n) is 6.04. The van der Waals surface area contributed by atoms with Crippen LogP contribution in [0.1, 0.15) is 38.2 Å². The van der Waals surface area contributed by atoms with Crippen LogP contribution in [0, 0.1) is 11.7 Å². The molecule has 1 fully saturated rings. The molecule has 0 heterocycles. The van der Waals surface area contributed by atoms with Crippen molar-refractivity contribution in [2.45, 2.75) is 44.3 Å². The van der Waals surface area contributed by atoms with Crippen LogP contribution in [0.4, 0.5) is 4.39 Å². The van der Waals surface area contributed by atoms with Crippen LogP contribution >= 0.6 is 0 Å². The summed E-state index contributed by atoms with van der Waals surface area (Å²) >= 11 is 0. The Hall–Kier alpha value is -1.23. The molecule has 0 aliphatic heterocycles. The molecule has 3 nitrogen and oxygen atoms in total. The van der Waals surface area contributed by atoms with Gasteiger partial charge in [0.1, 0.15) is 11.6 Å². The van der Waals surface area contributed by atoms with E-state index in [1.54, 1.807) is 0 Å². The summed E-state index contributed by atoms with van der Waals surface area (Å²) in [6, 6.07) is 5.59. The van der Waals surface area contributed by atoms with Crippen LogP contribution in [0.3, 0.4) is 0 Å². The molecule has 116 valence electrons. The van der Waals surface area contributed by atoms with Gasteiger partial charge in [0.25, 0.3) is 0 Å². The average Bonchev–Trinajstić information content (AvgIpc) is 2.41. The van der Waals surface area contributed by atoms with Gasteiger partial charge in [-0.1, -0.05) is 31.9 Å². The van der Waals surface area contributed by atoms with Gasteiger partial charge < -0.3 is 0 Å². The van der Waals surface area contributed by atoms with Crippen molar-refractivity contribution >= 4 is 15.6 Å². The van der Waals surface area contributed by atoms with Crippen molar-refractivity contribution in [1.29, 1.82) is 0 Å². The summed E-state index contributed by atoms with van der Waals surface area (Å²) in [4.78, 5) is 12.0. The minimum absolute atomic E-state index is 0.0434. The van der Waals surface area contributed by atoms with Crippen molar-refractivity contribution in [3.8, 4) is 0 Å². The standard InChI is InChI=1S/C16H21FO3S/c1-12-3-2-4-16(9-12)21(19,20)11-15(18)10-13-5-7-14(17)8-6-13/h5-8,12,16H,2-4,9-11H2,1H3. The summed E-state index contributed by atoms with van der Waals surface area (Å²) in [5.74, 6) is -0.678. The monoisotopic (exact) mass is 312 g/mol. The maximum absolute atomic E-state index is 12.8. The SMILES string of the molecule is CC1CCCC(S(=O)(=O)CC(=O)Cc2ccc(F)cc2)C1. The van der Waals surface area contributed by atoms with E-state index in [4.69, 9.17) is 0 Å². The molecule has 2 rings (SSSR count). The molecule has 2 atom stereocenters. The highest BCUT2D eigenvalue weighted by molar-refractivity contribution is 7.92. The summed E-state index contributed by atoms with van der Waals surface area (Å²) in [6.45, 7) is 2.06. The van der Waals surface area contributed by atoms with E-state index < -0.39 is 15.6 Å². The highest BCUT2D eigenvalue weighted by Crippen LogP contribution is 2.28.